The largest absolute Gasteiger partial charge is 0.444 e. The summed E-state index contributed by atoms with van der Waals surface area (Å²) in [4.78, 5) is 27.7. The highest BCUT2D eigenvalue weighted by Crippen LogP contribution is 2.33. The smallest absolute Gasteiger partial charge is 0.408 e. The van der Waals surface area contributed by atoms with Gasteiger partial charge in [0.2, 0.25) is 5.91 Å². The van der Waals surface area contributed by atoms with Crippen LogP contribution < -0.4 is 10.6 Å². The van der Waals surface area contributed by atoms with Gasteiger partial charge in [-0.25, -0.2) is 13.6 Å². The summed E-state index contributed by atoms with van der Waals surface area (Å²) in [5.74, 6) is -0.722. The molecule has 2 aliphatic rings. The number of ether oxygens (including phenoxy) is 1. The fourth-order valence-electron chi connectivity index (χ4n) is 4.44. The minimum Gasteiger partial charge on any atom is -0.444 e. The summed E-state index contributed by atoms with van der Waals surface area (Å²) in [5.41, 5.74) is 1.87. The molecule has 1 saturated heterocycles. The molecular formula is C25H29F2N3O3. The van der Waals surface area contributed by atoms with Crippen LogP contribution in [0.4, 0.5) is 13.6 Å². The van der Waals surface area contributed by atoms with Gasteiger partial charge in [-0.1, -0.05) is 36.4 Å². The van der Waals surface area contributed by atoms with Gasteiger partial charge in [-0.05, 0) is 56.0 Å². The molecule has 1 unspecified atom stereocenters. The van der Waals surface area contributed by atoms with Crippen LogP contribution in [0.2, 0.25) is 0 Å². The van der Waals surface area contributed by atoms with E-state index in [0.717, 1.165) is 11.1 Å². The van der Waals surface area contributed by atoms with Crippen molar-refractivity contribution in [3.8, 4) is 0 Å². The van der Waals surface area contributed by atoms with Crippen LogP contribution in [0.25, 0.3) is 0 Å². The second kappa shape index (κ2) is 9.09. The summed E-state index contributed by atoms with van der Waals surface area (Å²) < 4.78 is 32.5. The molecule has 2 aromatic carbocycles. The highest BCUT2D eigenvalue weighted by Gasteiger charge is 2.41. The SMILES string of the molecule is CC(C)(C)OC(=O)N[C@H]1c2ccccc2C[C@@H]1NC(=O)C(c1ccc(F)cc1)N1CC(F)C1. The van der Waals surface area contributed by atoms with Crippen LogP contribution in [0.1, 0.15) is 49.5 Å². The normalized spacial score (nSPS) is 21.6. The first-order valence-electron chi connectivity index (χ1n) is 11.1. The van der Waals surface area contributed by atoms with Crippen molar-refractivity contribution in [3.63, 3.8) is 0 Å². The molecule has 1 aliphatic carbocycles. The molecular weight excluding hydrogens is 428 g/mol. The van der Waals surface area contributed by atoms with Crippen molar-refractivity contribution in [3.05, 3.63) is 71.0 Å². The number of hydrogen-bond acceptors (Lipinski definition) is 4. The molecule has 0 radical (unpaired) electrons. The lowest BCUT2D eigenvalue weighted by molar-refractivity contribution is -0.130. The Morgan fingerprint density at radius 3 is 2.36 bits per heavy atom. The number of likely N-dealkylation sites (tertiary alicyclic amines) is 1. The van der Waals surface area contributed by atoms with Gasteiger partial charge in [0, 0.05) is 13.1 Å². The molecule has 3 atom stereocenters. The number of rotatable bonds is 5. The summed E-state index contributed by atoms with van der Waals surface area (Å²) in [6.07, 6.45) is -1.02. The molecule has 1 fully saturated rings. The summed E-state index contributed by atoms with van der Waals surface area (Å²) in [7, 11) is 0. The zero-order valence-electron chi connectivity index (χ0n) is 19.0. The van der Waals surface area contributed by atoms with Crippen molar-refractivity contribution in [2.45, 2.75) is 57.1 Å². The Bertz CT molecular complexity index is 1020. The van der Waals surface area contributed by atoms with Crippen molar-refractivity contribution in [1.82, 2.24) is 15.5 Å². The second-order valence-electron chi connectivity index (χ2n) is 9.65. The van der Waals surface area contributed by atoms with E-state index in [9.17, 15) is 18.4 Å². The number of alkyl carbamates (subject to hydrolysis) is 1. The van der Waals surface area contributed by atoms with Gasteiger partial charge in [-0.15, -0.1) is 0 Å². The van der Waals surface area contributed by atoms with E-state index < -0.39 is 41.8 Å². The van der Waals surface area contributed by atoms with Gasteiger partial charge >= 0.3 is 6.09 Å². The molecule has 33 heavy (non-hydrogen) atoms. The molecule has 176 valence electrons. The number of benzene rings is 2. The molecule has 1 aliphatic heterocycles. The first kappa shape index (κ1) is 23.2. The molecule has 4 rings (SSSR count). The minimum absolute atomic E-state index is 0.139. The van der Waals surface area contributed by atoms with Crippen molar-refractivity contribution >= 4 is 12.0 Å². The van der Waals surface area contributed by atoms with E-state index in [2.05, 4.69) is 10.6 Å². The molecule has 8 heteroatoms. The van der Waals surface area contributed by atoms with E-state index in [4.69, 9.17) is 4.74 Å². The number of carbonyl (C=O) groups is 2. The predicted octanol–water partition coefficient (Wildman–Crippen LogP) is 3.83. The number of carbonyl (C=O) groups excluding carboxylic acids is 2. The Hall–Kier alpha value is -3.00. The zero-order chi connectivity index (χ0) is 23.8. The van der Waals surface area contributed by atoms with Crippen LogP contribution >= 0.6 is 0 Å². The summed E-state index contributed by atoms with van der Waals surface area (Å²) in [6, 6.07) is 11.7. The molecule has 0 aromatic heterocycles. The van der Waals surface area contributed by atoms with E-state index in [-0.39, 0.29) is 19.0 Å². The number of halogens is 2. The van der Waals surface area contributed by atoms with Crippen LogP contribution in [-0.2, 0) is 16.0 Å². The second-order valence-corrected chi connectivity index (χ2v) is 9.65. The van der Waals surface area contributed by atoms with Crippen molar-refractivity contribution in [2.75, 3.05) is 13.1 Å². The van der Waals surface area contributed by atoms with E-state index in [1.54, 1.807) is 37.8 Å². The average molecular weight is 458 g/mol. The van der Waals surface area contributed by atoms with Gasteiger partial charge in [-0.3, -0.25) is 9.69 Å². The Labute approximate surface area is 192 Å². The Morgan fingerprint density at radius 2 is 1.73 bits per heavy atom. The highest BCUT2D eigenvalue weighted by atomic mass is 19.1. The molecule has 0 bridgehead atoms. The fraction of sp³-hybridized carbons (Fsp3) is 0.440. The van der Waals surface area contributed by atoms with Gasteiger partial charge in [0.15, 0.2) is 0 Å². The zero-order valence-corrected chi connectivity index (χ0v) is 19.0. The maximum Gasteiger partial charge on any atom is 0.408 e. The Morgan fingerprint density at radius 1 is 1.06 bits per heavy atom. The first-order chi connectivity index (χ1) is 15.6. The third-order valence-corrected chi connectivity index (χ3v) is 5.90. The lowest BCUT2D eigenvalue weighted by atomic mass is 9.99. The Kier molecular flexibility index (Phi) is 6.38. The predicted molar refractivity (Wildman–Crippen MR) is 120 cm³/mol. The van der Waals surface area contributed by atoms with Crippen LogP contribution in [0.3, 0.4) is 0 Å². The maximum atomic E-state index is 13.6. The van der Waals surface area contributed by atoms with Crippen LogP contribution in [0.15, 0.2) is 48.5 Å². The molecule has 0 saturated carbocycles. The van der Waals surface area contributed by atoms with Crippen molar-refractivity contribution in [2.24, 2.45) is 0 Å². The molecule has 6 nitrogen and oxygen atoms in total. The fourth-order valence-corrected chi connectivity index (χ4v) is 4.44. The quantitative estimate of drug-likeness (QED) is 0.716. The third kappa shape index (κ3) is 5.33. The van der Waals surface area contributed by atoms with Crippen LogP contribution in [-0.4, -0.2) is 47.8 Å². The van der Waals surface area contributed by atoms with Gasteiger partial charge < -0.3 is 15.4 Å². The molecule has 2 aromatic rings. The standard InChI is InChI=1S/C25H29F2N3O3/c1-25(2,3)33-24(32)29-21-19-7-5-4-6-16(19)12-20(21)28-23(31)22(30-13-18(27)14-30)15-8-10-17(26)11-9-15/h4-11,18,20-22H,12-14H2,1-3H3,(H,28,31)(H,29,32)/t20-,21-,22?/m0/s1. The number of nitrogens with one attached hydrogen (secondary N) is 2. The van der Waals surface area contributed by atoms with E-state index in [0.29, 0.717) is 12.0 Å². The summed E-state index contributed by atoms with van der Waals surface area (Å²) in [5, 5.41) is 5.95. The minimum atomic E-state index is -0.988. The van der Waals surface area contributed by atoms with Gasteiger partial charge in [-0.2, -0.15) is 0 Å². The lowest BCUT2D eigenvalue weighted by Gasteiger charge is -2.40. The molecule has 0 spiro atoms. The molecule has 2 amide bonds. The number of fused-ring (bicyclic) bond motifs is 1. The van der Waals surface area contributed by atoms with Gasteiger partial charge in [0.25, 0.3) is 0 Å². The number of amides is 2. The number of nitrogens with zero attached hydrogens (tertiary/aromatic N) is 1. The molecule has 2 N–H and O–H groups in total. The van der Waals surface area contributed by atoms with E-state index in [1.165, 1.54) is 12.1 Å². The van der Waals surface area contributed by atoms with Crippen LogP contribution in [0, 0.1) is 5.82 Å². The van der Waals surface area contributed by atoms with Crippen molar-refractivity contribution < 1.29 is 23.1 Å². The van der Waals surface area contributed by atoms with E-state index in [1.807, 2.05) is 24.3 Å². The van der Waals surface area contributed by atoms with Crippen molar-refractivity contribution in [1.29, 1.82) is 0 Å². The molecule has 1 heterocycles. The average Bonchev–Trinajstić information content (AvgIpc) is 3.04. The third-order valence-electron chi connectivity index (χ3n) is 5.90. The lowest BCUT2D eigenvalue weighted by Crippen LogP contribution is -2.56. The topological polar surface area (TPSA) is 70.7 Å². The summed E-state index contributed by atoms with van der Waals surface area (Å²) >= 11 is 0. The summed E-state index contributed by atoms with van der Waals surface area (Å²) in [6.45, 7) is 5.63. The first-order valence-corrected chi connectivity index (χ1v) is 11.1. The van der Waals surface area contributed by atoms with E-state index >= 15 is 0 Å². The highest BCUT2D eigenvalue weighted by molar-refractivity contribution is 5.84. The maximum absolute atomic E-state index is 13.6. The number of alkyl halides is 1. The van der Waals surface area contributed by atoms with Crippen LogP contribution in [0.5, 0.6) is 0 Å². The van der Waals surface area contributed by atoms with Gasteiger partial charge in [0.1, 0.15) is 23.6 Å². The van der Waals surface area contributed by atoms with Gasteiger partial charge in [0.05, 0.1) is 12.1 Å². The number of hydrogen-bond donors (Lipinski definition) is 2. The Balaban J connectivity index is 1.55. The monoisotopic (exact) mass is 457 g/mol.